The highest BCUT2D eigenvalue weighted by molar-refractivity contribution is 7.95. The Balaban J connectivity index is 3.12. The zero-order chi connectivity index (χ0) is 13.2. The van der Waals surface area contributed by atoms with Gasteiger partial charge < -0.3 is 5.73 Å². The summed E-state index contributed by atoms with van der Waals surface area (Å²) in [5.41, 5.74) is 6.04. The Labute approximate surface area is 115 Å². The van der Waals surface area contributed by atoms with Gasteiger partial charge in [0.1, 0.15) is 5.75 Å². The Morgan fingerprint density at radius 2 is 2.06 bits per heavy atom. The molecule has 0 aliphatic carbocycles. The molecule has 1 aromatic rings. The van der Waals surface area contributed by atoms with Crippen molar-refractivity contribution in [1.29, 1.82) is 0 Å². The third-order valence-corrected chi connectivity index (χ3v) is 4.21. The molecule has 0 aliphatic heterocycles. The molecule has 3 N–H and O–H groups in total. The molecule has 1 aromatic carbocycles. The summed E-state index contributed by atoms with van der Waals surface area (Å²) in [4.78, 5) is -0.127. The van der Waals surface area contributed by atoms with Crippen LogP contribution in [0.5, 0.6) is 0 Å². The molecular formula is C9H10Cl2N2O2S2. The lowest BCUT2D eigenvalue weighted by atomic mass is 10.2. The first-order valence-corrected chi connectivity index (χ1v) is 7.28. The van der Waals surface area contributed by atoms with E-state index in [0.29, 0.717) is 5.56 Å². The van der Waals surface area contributed by atoms with Gasteiger partial charge in [-0.05, 0) is 18.6 Å². The van der Waals surface area contributed by atoms with E-state index in [4.69, 9.17) is 28.9 Å². The van der Waals surface area contributed by atoms with E-state index in [9.17, 15) is 8.42 Å². The first-order valence-electron chi connectivity index (χ1n) is 4.46. The van der Waals surface area contributed by atoms with Crippen molar-refractivity contribution in [1.82, 2.24) is 0 Å². The number of nitrogens with two attached hydrogens (primary N) is 1. The lowest BCUT2D eigenvalue weighted by molar-refractivity contribution is 0.605. The molecule has 0 fully saturated rings. The minimum absolute atomic E-state index is 0.127. The van der Waals surface area contributed by atoms with Crippen molar-refractivity contribution < 1.29 is 8.42 Å². The van der Waals surface area contributed by atoms with Gasteiger partial charge in [-0.2, -0.15) is 0 Å². The van der Waals surface area contributed by atoms with Gasteiger partial charge in [0, 0.05) is 0 Å². The Bertz CT molecular complexity index is 558. The van der Waals surface area contributed by atoms with Gasteiger partial charge in [-0.25, -0.2) is 8.42 Å². The smallest absolute Gasteiger partial charge is 0.239 e. The van der Waals surface area contributed by atoms with Crippen LogP contribution >= 0.6 is 35.4 Å². The van der Waals surface area contributed by atoms with E-state index in [1.165, 1.54) is 0 Å². The second kappa shape index (κ2) is 5.39. The number of halogens is 2. The van der Waals surface area contributed by atoms with E-state index < -0.39 is 15.8 Å². The zero-order valence-electron chi connectivity index (χ0n) is 8.83. The average molecular weight is 313 g/mol. The average Bonchev–Trinajstić information content (AvgIpc) is 2.17. The predicted octanol–water partition coefficient (Wildman–Crippen LogP) is 2.33. The Morgan fingerprint density at radius 3 is 2.59 bits per heavy atom. The van der Waals surface area contributed by atoms with Gasteiger partial charge >= 0.3 is 0 Å². The van der Waals surface area contributed by atoms with Crippen molar-refractivity contribution in [3.63, 3.8) is 0 Å². The second-order valence-electron chi connectivity index (χ2n) is 3.38. The SMILES string of the molecule is Cc1ccc(Cl)c(NS(=O)(=O)CC(N)=S)c1Cl. The summed E-state index contributed by atoms with van der Waals surface area (Å²) in [6.45, 7) is 1.74. The van der Waals surface area contributed by atoms with Crippen LogP contribution in [0.25, 0.3) is 0 Å². The molecule has 0 unspecified atom stereocenters. The quantitative estimate of drug-likeness (QED) is 0.837. The Hall–Kier alpha value is -0.560. The van der Waals surface area contributed by atoms with Gasteiger partial charge in [0.15, 0.2) is 0 Å². The minimum atomic E-state index is -3.68. The summed E-state index contributed by atoms with van der Waals surface area (Å²) in [6, 6.07) is 3.25. The molecule has 0 radical (unpaired) electrons. The molecule has 0 amide bonds. The number of nitrogens with one attached hydrogen (secondary N) is 1. The largest absolute Gasteiger partial charge is 0.392 e. The van der Waals surface area contributed by atoms with Gasteiger partial charge in [-0.3, -0.25) is 4.72 Å². The summed E-state index contributed by atoms with van der Waals surface area (Å²) < 4.78 is 25.5. The van der Waals surface area contributed by atoms with E-state index in [2.05, 4.69) is 16.9 Å². The van der Waals surface area contributed by atoms with Crippen molar-refractivity contribution >= 4 is 56.1 Å². The molecule has 0 spiro atoms. The van der Waals surface area contributed by atoms with E-state index in [1.807, 2.05) is 0 Å². The molecule has 0 bridgehead atoms. The standard InChI is InChI=1S/C9H10Cl2N2O2S2/c1-5-2-3-6(10)9(8(5)11)13-17(14,15)4-7(12)16/h2-3,13H,4H2,1H3,(H2,12,16). The van der Waals surface area contributed by atoms with Crippen molar-refractivity contribution in [2.75, 3.05) is 10.5 Å². The molecule has 0 aromatic heterocycles. The Kier molecular flexibility index (Phi) is 4.60. The van der Waals surface area contributed by atoms with E-state index in [-0.39, 0.29) is 20.7 Å². The van der Waals surface area contributed by atoms with Gasteiger partial charge in [-0.15, -0.1) is 0 Å². The minimum Gasteiger partial charge on any atom is -0.392 e. The fourth-order valence-electron chi connectivity index (χ4n) is 1.13. The number of aryl methyl sites for hydroxylation is 1. The van der Waals surface area contributed by atoms with E-state index in [1.54, 1.807) is 19.1 Å². The predicted molar refractivity (Wildman–Crippen MR) is 75.4 cm³/mol. The number of benzene rings is 1. The van der Waals surface area contributed by atoms with E-state index in [0.717, 1.165) is 0 Å². The lowest BCUT2D eigenvalue weighted by Crippen LogP contribution is -2.26. The van der Waals surface area contributed by atoms with Crippen LogP contribution < -0.4 is 10.5 Å². The monoisotopic (exact) mass is 312 g/mol. The number of rotatable bonds is 4. The molecule has 1 rings (SSSR count). The summed E-state index contributed by atoms with van der Waals surface area (Å²) in [5, 5.41) is 0.469. The van der Waals surface area contributed by atoms with Crippen LogP contribution in [0.15, 0.2) is 12.1 Å². The summed E-state index contributed by atoms with van der Waals surface area (Å²) in [7, 11) is -3.68. The van der Waals surface area contributed by atoms with Crippen molar-refractivity contribution in [3.8, 4) is 0 Å². The number of sulfonamides is 1. The van der Waals surface area contributed by atoms with Gasteiger partial charge in [0.2, 0.25) is 10.0 Å². The highest BCUT2D eigenvalue weighted by Crippen LogP contribution is 2.33. The number of hydrogen-bond acceptors (Lipinski definition) is 3. The zero-order valence-corrected chi connectivity index (χ0v) is 12.0. The number of hydrogen-bond donors (Lipinski definition) is 2. The molecule has 0 aliphatic rings. The van der Waals surface area contributed by atoms with Crippen LogP contribution in [-0.4, -0.2) is 19.2 Å². The van der Waals surface area contributed by atoms with Gasteiger partial charge in [0.25, 0.3) is 0 Å². The van der Waals surface area contributed by atoms with Crippen LogP contribution in [0.2, 0.25) is 10.0 Å². The number of anilines is 1. The van der Waals surface area contributed by atoms with Crippen LogP contribution in [-0.2, 0) is 10.0 Å². The first kappa shape index (κ1) is 14.5. The molecule has 0 saturated heterocycles. The summed E-state index contributed by atoms with van der Waals surface area (Å²) >= 11 is 16.4. The maximum atomic E-state index is 11.6. The first-order chi connectivity index (χ1) is 7.73. The van der Waals surface area contributed by atoms with Gasteiger partial charge in [-0.1, -0.05) is 41.5 Å². The van der Waals surface area contributed by atoms with Crippen molar-refractivity contribution in [2.45, 2.75) is 6.92 Å². The van der Waals surface area contributed by atoms with E-state index >= 15 is 0 Å². The van der Waals surface area contributed by atoms with Crippen LogP contribution in [0.3, 0.4) is 0 Å². The third kappa shape index (κ3) is 3.99. The summed E-state index contributed by atoms with van der Waals surface area (Å²) in [5.74, 6) is -0.455. The van der Waals surface area contributed by atoms with Crippen LogP contribution in [0.4, 0.5) is 5.69 Å². The Morgan fingerprint density at radius 1 is 1.47 bits per heavy atom. The fourth-order valence-corrected chi connectivity index (χ4v) is 3.14. The molecule has 0 saturated carbocycles. The molecule has 0 heterocycles. The highest BCUT2D eigenvalue weighted by atomic mass is 35.5. The molecule has 4 nitrogen and oxygen atoms in total. The van der Waals surface area contributed by atoms with Crippen molar-refractivity contribution in [3.05, 3.63) is 27.7 Å². The normalized spacial score (nSPS) is 11.2. The fraction of sp³-hybridized carbons (Fsp3) is 0.222. The molecule has 8 heteroatoms. The third-order valence-electron chi connectivity index (χ3n) is 1.87. The van der Waals surface area contributed by atoms with Crippen molar-refractivity contribution in [2.24, 2.45) is 5.73 Å². The highest BCUT2D eigenvalue weighted by Gasteiger charge is 2.17. The molecular weight excluding hydrogens is 303 g/mol. The molecule has 94 valence electrons. The summed E-state index contributed by atoms with van der Waals surface area (Å²) in [6.07, 6.45) is 0. The van der Waals surface area contributed by atoms with Gasteiger partial charge in [0.05, 0.1) is 20.7 Å². The lowest BCUT2D eigenvalue weighted by Gasteiger charge is -2.12. The van der Waals surface area contributed by atoms with Crippen LogP contribution in [0.1, 0.15) is 5.56 Å². The molecule has 0 atom stereocenters. The second-order valence-corrected chi connectivity index (χ2v) is 6.41. The maximum absolute atomic E-state index is 11.6. The topological polar surface area (TPSA) is 72.2 Å². The van der Waals surface area contributed by atoms with Crippen LogP contribution in [0, 0.1) is 6.92 Å². The molecule has 17 heavy (non-hydrogen) atoms. The maximum Gasteiger partial charge on any atom is 0.239 e. The number of thiocarbonyl (C=S) groups is 1.